The van der Waals surface area contributed by atoms with E-state index in [1.807, 2.05) is 11.3 Å². The zero-order chi connectivity index (χ0) is 30.4. The molecule has 216 valence electrons. The Morgan fingerprint density at radius 1 is 0.435 bits per heavy atom. The fourth-order valence-corrected chi connectivity index (χ4v) is 8.85. The van der Waals surface area contributed by atoms with Crippen LogP contribution in [0.1, 0.15) is 5.56 Å². The van der Waals surface area contributed by atoms with Gasteiger partial charge < -0.3 is 9.13 Å². The van der Waals surface area contributed by atoms with Crippen LogP contribution < -0.4 is 0 Å². The Balaban J connectivity index is 1.19. The van der Waals surface area contributed by atoms with Gasteiger partial charge in [0.25, 0.3) is 0 Å². The van der Waals surface area contributed by atoms with Crippen LogP contribution in [0.2, 0.25) is 0 Å². The molecule has 10 rings (SSSR count). The van der Waals surface area contributed by atoms with E-state index in [1.54, 1.807) is 0 Å². The van der Waals surface area contributed by atoms with Gasteiger partial charge in [0.2, 0.25) is 0 Å². The number of hydrogen-bond acceptors (Lipinski definition) is 1. The van der Waals surface area contributed by atoms with Gasteiger partial charge in [0.05, 0.1) is 26.8 Å². The summed E-state index contributed by atoms with van der Waals surface area (Å²) >= 11 is 1.90. The minimum absolute atomic E-state index is 1.19. The molecule has 3 heteroatoms. The lowest BCUT2D eigenvalue weighted by molar-refractivity contribution is 1.17. The Kier molecular flexibility index (Phi) is 5.40. The molecule has 0 atom stereocenters. The first-order valence-electron chi connectivity index (χ1n) is 15.8. The maximum absolute atomic E-state index is 2.46. The first kappa shape index (κ1) is 25.7. The predicted molar refractivity (Wildman–Crippen MR) is 198 cm³/mol. The maximum Gasteiger partial charge on any atom is 0.0719 e. The first-order chi connectivity index (χ1) is 22.7. The molecule has 0 bridgehead atoms. The molecule has 3 aromatic heterocycles. The molecule has 3 heterocycles. The molecule has 0 unspecified atom stereocenters. The molecule has 7 aromatic carbocycles. The molecule has 0 radical (unpaired) electrons. The third kappa shape index (κ3) is 3.58. The second-order valence-electron chi connectivity index (χ2n) is 12.2. The molecule has 0 spiro atoms. The van der Waals surface area contributed by atoms with Crippen LogP contribution in [0.25, 0.3) is 86.3 Å². The van der Waals surface area contributed by atoms with E-state index in [0.717, 1.165) is 0 Å². The van der Waals surface area contributed by atoms with Crippen molar-refractivity contribution >= 4 is 75.1 Å². The van der Waals surface area contributed by atoms with Crippen molar-refractivity contribution in [2.24, 2.45) is 0 Å². The minimum Gasteiger partial charge on any atom is -0.309 e. The number of rotatable bonds is 3. The van der Waals surface area contributed by atoms with Gasteiger partial charge in [-0.15, -0.1) is 11.3 Å². The summed E-state index contributed by atoms with van der Waals surface area (Å²) in [5, 5.41) is 7.79. The van der Waals surface area contributed by atoms with E-state index in [2.05, 4.69) is 168 Å². The van der Waals surface area contributed by atoms with Gasteiger partial charge in [-0.05, 0) is 78.2 Å². The fourth-order valence-electron chi connectivity index (χ4n) is 7.61. The van der Waals surface area contributed by atoms with Gasteiger partial charge in [-0.25, -0.2) is 0 Å². The molecule has 0 saturated heterocycles. The second-order valence-corrected chi connectivity index (χ2v) is 13.3. The number of aryl methyl sites for hydroxylation is 1. The van der Waals surface area contributed by atoms with Gasteiger partial charge in [0.1, 0.15) is 0 Å². The van der Waals surface area contributed by atoms with Gasteiger partial charge in [-0.3, -0.25) is 0 Å². The standard InChI is InChI=1S/C43H28N2S/c1-27-25-30(44-38-16-8-5-13-32(38)33-14-6-9-17-39(33)44)20-21-31(27)28-19-24-40-37(26-28)35-22-23-36-34-15-7-10-18-41(34)46-43(36)42(35)45(40)29-11-3-2-4-12-29/h2-26H,1H3. The third-order valence-electron chi connectivity index (χ3n) is 9.65. The molecule has 0 amide bonds. The van der Waals surface area contributed by atoms with Crippen molar-refractivity contribution in [3.8, 4) is 22.5 Å². The molecule has 0 aliphatic rings. The Morgan fingerprint density at radius 3 is 1.85 bits per heavy atom. The lowest BCUT2D eigenvalue weighted by Gasteiger charge is -2.13. The Hall–Kier alpha value is -5.64. The zero-order valence-electron chi connectivity index (χ0n) is 25.2. The van der Waals surface area contributed by atoms with Crippen LogP contribution >= 0.6 is 11.3 Å². The second kappa shape index (κ2) is 9.68. The molecule has 0 aliphatic carbocycles. The molecule has 0 aliphatic heterocycles. The first-order valence-corrected chi connectivity index (χ1v) is 16.6. The minimum atomic E-state index is 1.19. The van der Waals surface area contributed by atoms with Crippen molar-refractivity contribution in [3.63, 3.8) is 0 Å². The van der Waals surface area contributed by atoms with Crippen molar-refractivity contribution in [2.75, 3.05) is 0 Å². The van der Waals surface area contributed by atoms with Crippen LogP contribution in [0, 0.1) is 6.92 Å². The molecule has 0 N–H and O–H groups in total. The van der Waals surface area contributed by atoms with E-state index in [0.29, 0.717) is 0 Å². The highest BCUT2D eigenvalue weighted by atomic mass is 32.1. The van der Waals surface area contributed by atoms with Gasteiger partial charge >= 0.3 is 0 Å². The molecule has 46 heavy (non-hydrogen) atoms. The van der Waals surface area contributed by atoms with Crippen LogP contribution in [-0.2, 0) is 0 Å². The van der Waals surface area contributed by atoms with E-state index >= 15 is 0 Å². The average molecular weight is 605 g/mol. The summed E-state index contributed by atoms with van der Waals surface area (Å²) in [6, 6.07) is 55.6. The highest BCUT2D eigenvalue weighted by molar-refractivity contribution is 7.26. The van der Waals surface area contributed by atoms with E-state index in [9.17, 15) is 0 Å². The Bertz CT molecular complexity index is 2760. The highest BCUT2D eigenvalue weighted by Gasteiger charge is 2.19. The van der Waals surface area contributed by atoms with Crippen LogP contribution in [0.3, 0.4) is 0 Å². The SMILES string of the molecule is Cc1cc(-n2c3ccccc3c3ccccc32)ccc1-c1ccc2c(c1)c1ccc3c4ccccc4sc3c1n2-c1ccccc1. The number of fused-ring (bicyclic) bond motifs is 10. The van der Waals surface area contributed by atoms with Crippen molar-refractivity contribution in [3.05, 3.63) is 157 Å². The number of nitrogens with zero attached hydrogens (tertiary/aromatic N) is 2. The van der Waals surface area contributed by atoms with E-state index in [-0.39, 0.29) is 0 Å². The number of benzene rings is 7. The summed E-state index contributed by atoms with van der Waals surface area (Å²) in [6.07, 6.45) is 0. The maximum atomic E-state index is 2.46. The van der Waals surface area contributed by atoms with Gasteiger partial charge in [-0.2, -0.15) is 0 Å². The summed E-state index contributed by atoms with van der Waals surface area (Å²) < 4.78 is 7.53. The summed E-state index contributed by atoms with van der Waals surface area (Å²) in [5.41, 5.74) is 11.1. The zero-order valence-corrected chi connectivity index (χ0v) is 26.1. The molecular weight excluding hydrogens is 577 g/mol. The molecule has 0 fully saturated rings. The summed E-state index contributed by atoms with van der Waals surface area (Å²) in [6.45, 7) is 2.24. The van der Waals surface area contributed by atoms with E-state index < -0.39 is 0 Å². The average Bonchev–Trinajstić information content (AvgIpc) is 3.76. The van der Waals surface area contributed by atoms with Crippen LogP contribution in [-0.4, -0.2) is 9.13 Å². The topological polar surface area (TPSA) is 9.86 Å². The number of hydrogen-bond donors (Lipinski definition) is 0. The fraction of sp³-hybridized carbons (Fsp3) is 0.0233. The van der Waals surface area contributed by atoms with Crippen molar-refractivity contribution in [1.29, 1.82) is 0 Å². The van der Waals surface area contributed by atoms with Crippen LogP contribution in [0.5, 0.6) is 0 Å². The number of thiophene rings is 1. The van der Waals surface area contributed by atoms with Gasteiger partial charge in [-0.1, -0.05) is 97.1 Å². The third-order valence-corrected chi connectivity index (χ3v) is 10.8. The summed E-state index contributed by atoms with van der Waals surface area (Å²) in [5.74, 6) is 0. The summed E-state index contributed by atoms with van der Waals surface area (Å²) in [4.78, 5) is 0. The highest BCUT2D eigenvalue weighted by Crippen LogP contribution is 2.44. The quantitative estimate of drug-likeness (QED) is 0.190. The smallest absolute Gasteiger partial charge is 0.0719 e. The van der Waals surface area contributed by atoms with Crippen molar-refractivity contribution in [1.82, 2.24) is 9.13 Å². The number of para-hydroxylation sites is 3. The monoisotopic (exact) mass is 604 g/mol. The predicted octanol–water partition coefficient (Wildman–Crippen LogP) is 12.2. The largest absolute Gasteiger partial charge is 0.309 e. The van der Waals surface area contributed by atoms with Gasteiger partial charge in [0.15, 0.2) is 0 Å². The van der Waals surface area contributed by atoms with Gasteiger partial charge in [0, 0.05) is 48.4 Å². The normalized spacial score (nSPS) is 12.0. The van der Waals surface area contributed by atoms with Crippen LogP contribution in [0.4, 0.5) is 0 Å². The molecule has 2 nitrogen and oxygen atoms in total. The lowest BCUT2D eigenvalue weighted by atomic mass is 9.98. The molecular formula is C43H28N2S. The summed E-state index contributed by atoms with van der Waals surface area (Å²) in [7, 11) is 0. The van der Waals surface area contributed by atoms with E-state index in [4.69, 9.17) is 0 Å². The van der Waals surface area contributed by atoms with E-state index in [1.165, 1.54) is 91.8 Å². The van der Waals surface area contributed by atoms with Crippen molar-refractivity contribution in [2.45, 2.75) is 6.92 Å². The molecule has 0 saturated carbocycles. The van der Waals surface area contributed by atoms with Crippen LogP contribution in [0.15, 0.2) is 152 Å². The Morgan fingerprint density at radius 2 is 1.09 bits per heavy atom. The number of aromatic nitrogens is 2. The lowest BCUT2D eigenvalue weighted by Crippen LogP contribution is -1.95. The molecule has 10 aromatic rings. The van der Waals surface area contributed by atoms with Crippen molar-refractivity contribution < 1.29 is 0 Å². The Labute approximate surface area is 270 Å².